The van der Waals surface area contributed by atoms with E-state index in [2.05, 4.69) is 29.8 Å². The van der Waals surface area contributed by atoms with Gasteiger partial charge in [0.2, 0.25) is 10.0 Å². The van der Waals surface area contributed by atoms with Crippen molar-refractivity contribution in [1.29, 1.82) is 0 Å². The molecule has 2 rings (SSSR count). The summed E-state index contributed by atoms with van der Waals surface area (Å²) in [7, 11) is -3.60. The van der Waals surface area contributed by atoms with E-state index < -0.39 is 15.8 Å². The molecule has 1 aromatic rings. The molecular weight excluding hydrogens is 357 g/mol. The largest absolute Gasteiger partial charge is 0.243 e. The molecule has 6 heteroatoms. The second kappa shape index (κ2) is 6.75. The Morgan fingerprint density at radius 2 is 2.00 bits per heavy atom. The van der Waals surface area contributed by atoms with Gasteiger partial charge in [-0.15, -0.1) is 0 Å². The minimum absolute atomic E-state index is 0.0335. The highest BCUT2D eigenvalue weighted by Crippen LogP contribution is 2.28. The zero-order valence-corrected chi connectivity index (χ0v) is 14.8. The van der Waals surface area contributed by atoms with E-state index in [9.17, 15) is 12.8 Å². The molecule has 0 saturated carbocycles. The highest BCUT2D eigenvalue weighted by molar-refractivity contribution is 9.10. The van der Waals surface area contributed by atoms with Crippen molar-refractivity contribution in [3.05, 3.63) is 28.5 Å². The first-order valence-electron chi connectivity index (χ1n) is 7.27. The lowest BCUT2D eigenvalue weighted by molar-refractivity contribution is 0.340. The van der Waals surface area contributed by atoms with Crippen LogP contribution in [0.25, 0.3) is 0 Å². The van der Waals surface area contributed by atoms with Crippen LogP contribution < -0.4 is 0 Å². The maximum Gasteiger partial charge on any atom is 0.243 e. The average molecular weight is 378 g/mol. The number of hydrogen-bond donors (Lipinski definition) is 0. The van der Waals surface area contributed by atoms with Gasteiger partial charge in [-0.1, -0.05) is 13.8 Å². The van der Waals surface area contributed by atoms with Crippen LogP contribution in [-0.4, -0.2) is 25.8 Å². The molecule has 1 unspecified atom stereocenters. The third-order valence-corrected chi connectivity index (χ3v) is 6.74. The Hall–Kier alpha value is -0.460. The fraction of sp³-hybridized carbons (Fsp3) is 0.600. The quantitative estimate of drug-likeness (QED) is 0.796. The molecule has 0 bridgehead atoms. The molecule has 1 aliphatic heterocycles. The molecule has 0 aliphatic carbocycles. The first-order valence-corrected chi connectivity index (χ1v) is 9.51. The van der Waals surface area contributed by atoms with Crippen molar-refractivity contribution in [2.75, 3.05) is 13.1 Å². The Labute approximate surface area is 134 Å². The molecule has 1 saturated heterocycles. The van der Waals surface area contributed by atoms with Crippen LogP contribution in [0.1, 0.15) is 33.1 Å². The van der Waals surface area contributed by atoms with Crippen molar-refractivity contribution in [1.82, 2.24) is 4.31 Å². The summed E-state index contributed by atoms with van der Waals surface area (Å²) in [5.41, 5.74) is 0. The molecule has 0 amide bonds. The predicted molar refractivity (Wildman–Crippen MR) is 85.0 cm³/mol. The molecule has 1 atom stereocenters. The second-order valence-corrected chi connectivity index (χ2v) is 8.71. The van der Waals surface area contributed by atoms with Gasteiger partial charge in [-0.2, -0.15) is 4.31 Å². The van der Waals surface area contributed by atoms with Gasteiger partial charge in [0.15, 0.2) is 0 Å². The standard InChI is InChI=1S/C15H21BrFNO2S/c1-11(2)12-4-3-8-18(9-7-12)21(19,20)13-5-6-14(16)15(17)10-13/h5-6,10-12H,3-4,7-9H2,1-2H3. The van der Waals surface area contributed by atoms with Crippen molar-refractivity contribution >= 4 is 26.0 Å². The van der Waals surface area contributed by atoms with Crippen molar-refractivity contribution in [3.63, 3.8) is 0 Å². The lowest BCUT2D eigenvalue weighted by Crippen LogP contribution is -2.32. The van der Waals surface area contributed by atoms with Crippen molar-refractivity contribution in [3.8, 4) is 0 Å². The van der Waals surface area contributed by atoms with Crippen LogP contribution in [0.3, 0.4) is 0 Å². The molecule has 0 N–H and O–H groups in total. The number of nitrogens with zero attached hydrogens (tertiary/aromatic N) is 1. The third-order valence-electron chi connectivity index (χ3n) is 4.20. The molecule has 21 heavy (non-hydrogen) atoms. The van der Waals surface area contributed by atoms with Gasteiger partial charge in [-0.05, 0) is 65.2 Å². The van der Waals surface area contributed by atoms with E-state index in [1.54, 1.807) is 0 Å². The molecule has 0 spiro atoms. The van der Waals surface area contributed by atoms with Crippen LogP contribution in [-0.2, 0) is 10.0 Å². The summed E-state index contributed by atoms with van der Waals surface area (Å²) in [5, 5.41) is 0. The summed E-state index contributed by atoms with van der Waals surface area (Å²) in [6.45, 7) is 5.39. The van der Waals surface area contributed by atoms with E-state index in [0.29, 0.717) is 24.9 Å². The maximum absolute atomic E-state index is 13.6. The van der Waals surface area contributed by atoms with Crippen LogP contribution in [0.5, 0.6) is 0 Å². The Morgan fingerprint density at radius 1 is 1.29 bits per heavy atom. The highest BCUT2D eigenvalue weighted by Gasteiger charge is 2.28. The Bertz CT molecular complexity index is 604. The fourth-order valence-electron chi connectivity index (χ4n) is 2.79. The van der Waals surface area contributed by atoms with Crippen LogP contribution in [0.2, 0.25) is 0 Å². The van der Waals surface area contributed by atoms with Gasteiger partial charge in [0.25, 0.3) is 0 Å². The van der Waals surface area contributed by atoms with E-state index in [1.807, 2.05) is 0 Å². The van der Waals surface area contributed by atoms with Gasteiger partial charge in [-0.3, -0.25) is 0 Å². The summed E-state index contributed by atoms with van der Waals surface area (Å²) < 4.78 is 40.6. The molecule has 1 aliphatic rings. The van der Waals surface area contributed by atoms with Gasteiger partial charge in [-0.25, -0.2) is 12.8 Å². The number of hydrogen-bond acceptors (Lipinski definition) is 2. The summed E-state index contributed by atoms with van der Waals surface area (Å²) in [6.07, 6.45) is 2.79. The van der Waals surface area contributed by atoms with Crippen LogP contribution in [0.4, 0.5) is 4.39 Å². The molecule has 3 nitrogen and oxygen atoms in total. The minimum atomic E-state index is -3.60. The summed E-state index contributed by atoms with van der Waals surface area (Å²) in [4.78, 5) is 0.0335. The summed E-state index contributed by atoms with van der Waals surface area (Å²) >= 11 is 3.04. The third kappa shape index (κ3) is 3.85. The maximum atomic E-state index is 13.6. The Kier molecular flexibility index (Phi) is 5.43. The minimum Gasteiger partial charge on any atom is -0.207 e. The van der Waals surface area contributed by atoms with Gasteiger partial charge in [0.1, 0.15) is 5.82 Å². The lowest BCUT2D eigenvalue weighted by Gasteiger charge is -2.21. The smallest absolute Gasteiger partial charge is 0.207 e. The van der Waals surface area contributed by atoms with E-state index in [-0.39, 0.29) is 9.37 Å². The monoisotopic (exact) mass is 377 g/mol. The number of rotatable bonds is 3. The van der Waals surface area contributed by atoms with E-state index >= 15 is 0 Å². The van der Waals surface area contributed by atoms with Crippen molar-refractivity contribution < 1.29 is 12.8 Å². The normalized spacial score (nSPS) is 21.5. The van der Waals surface area contributed by atoms with Crippen LogP contribution in [0.15, 0.2) is 27.6 Å². The second-order valence-electron chi connectivity index (χ2n) is 5.92. The zero-order chi connectivity index (χ0) is 15.6. The number of halogens is 2. The van der Waals surface area contributed by atoms with Gasteiger partial charge in [0, 0.05) is 13.1 Å². The van der Waals surface area contributed by atoms with Crippen LogP contribution >= 0.6 is 15.9 Å². The Balaban J connectivity index is 2.21. The average Bonchev–Trinajstić information content (AvgIpc) is 2.68. The van der Waals surface area contributed by atoms with Gasteiger partial charge < -0.3 is 0 Å². The van der Waals surface area contributed by atoms with Gasteiger partial charge >= 0.3 is 0 Å². The molecule has 118 valence electrons. The van der Waals surface area contributed by atoms with Crippen molar-refractivity contribution in [2.24, 2.45) is 11.8 Å². The Morgan fingerprint density at radius 3 is 2.62 bits per heavy atom. The lowest BCUT2D eigenvalue weighted by atomic mass is 9.89. The first kappa shape index (κ1) is 16.9. The van der Waals surface area contributed by atoms with Crippen molar-refractivity contribution in [2.45, 2.75) is 38.0 Å². The number of benzene rings is 1. The van der Waals surface area contributed by atoms with Crippen LogP contribution in [0, 0.1) is 17.7 Å². The van der Waals surface area contributed by atoms with E-state index in [4.69, 9.17) is 0 Å². The molecular formula is C15H21BrFNO2S. The van der Waals surface area contributed by atoms with E-state index in [1.165, 1.54) is 16.4 Å². The number of sulfonamides is 1. The topological polar surface area (TPSA) is 37.4 Å². The fourth-order valence-corrected chi connectivity index (χ4v) is 4.54. The first-order chi connectivity index (χ1) is 9.82. The highest BCUT2D eigenvalue weighted by atomic mass is 79.9. The molecule has 0 aromatic heterocycles. The summed E-state index contributed by atoms with van der Waals surface area (Å²) in [5.74, 6) is 0.579. The predicted octanol–water partition coefficient (Wildman–Crippen LogP) is 4.04. The molecule has 1 heterocycles. The SMILES string of the molecule is CC(C)C1CCCN(S(=O)(=O)c2ccc(Br)c(F)c2)CC1. The van der Waals surface area contributed by atoms with Gasteiger partial charge in [0.05, 0.1) is 9.37 Å². The zero-order valence-electron chi connectivity index (χ0n) is 12.4. The molecule has 0 radical (unpaired) electrons. The van der Waals surface area contributed by atoms with E-state index in [0.717, 1.165) is 25.3 Å². The summed E-state index contributed by atoms with van der Waals surface area (Å²) in [6, 6.07) is 3.98. The molecule has 1 fully saturated rings. The molecule has 1 aromatic carbocycles.